The summed E-state index contributed by atoms with van der Waals surface area (Å²) in [6.45, 7) is 0.641. The van der Waals surface area contributed by atoms with E-state index in [0.29, 0.717) is 41.0 Å². The van der Waals surface area contributed by atoms with Crippen LogP contribution in [0.1, 0.15) is 22.5 Å². The van der Waals surface area contributed by atoms with Crippen molar-refractivity contribution in [2.45, 2.75) is 19.4 Å². The van der Waals surface area contributed by atoms with E-state index in [0.717, 1.165) is 12.5 Å². The summed E-state index contributed by atoms with van der Waals surface area (Å²) in [5.41, 5.74) is 1.82. The van der Waals surface area contributed by atoms with Crippen LogP contribution in [0, 0.1) is 11.6 Å². The standard InChI is InChI=1S/C31H24F2N4O5/c1-40-26-15-22-28(36-31(26)41-2)25(11-12-34-22)42-24-10-9-19(14-21(24)33)35-30(39)27-23-4-3-13-37(23)16-20(29(27)38)17-5-7-18(32)8-6-17/h5-12,14-16H,3-4,13H2,1-2H3,(H,35,39). The van der Waals surface area contributed by atoms with Crippen LogP contribution in [0.5, 0.6) is 23.1 Å². The molecule has 5 aromatic rings. The average molecular weight is 571 g/mol. The predicted octanol–water partition coefficient (Wildman–Crippen LogP) is 5.74. The number of pyridine rings is 3. The van der Waals surface area contributed by atoms with Crippen molar-refractivity contribution < 1.29 is 27.8 Å². The first kappa shape index (κ1) is 26.9. The summed E-state index contributed by atoms with van der Waals surface area (Å²) in [4.78, 5) is 35.5. The van der Waals surface area contributed by atoms with E-state index in [2.05, 4.69) is 15.3 Å². The van der Waals surface area contributed by atoms with Gasteiger partial charge in [0, 0.05) is 54.1 Å². The van der Waals surface area contributed by atoms with Crippen LogP contribution >= 0.6 is 0 Å². The maximum atomic E-state index is 15.2. The number of benzene rings is 2. The topological polar surface area (TPSA) is 105 Å². The van der Waals surface area contributed by atoms with Gasteiger partial charge in [0.05, 0.1) is 19.7 Å². The zero-order valence-corrected chi connectivity index (χ0v) is 22.6. The van der Waals surface area contributed by atoms with Gasteiger partial charge in [-0.05, 0) is 42.7 Å². The maximum Gasteiger partial charge on any atom is 0.261 e. The lowest BCUT2D eigenvalue weighted by Gasteiger charge is -2.14. The zero-order valence-electron chi connectivity index (χ0n) is 22.6. The molecule has 1 aliphatic rings. The molecule has 212 valence electrons. The number of hydrogen-bond donors (Lipinski definition) is 1. The van der Waals surface area contributed by atoms with E-state index in [4.69, 9.17) is 14.2 Å². The number of anilines is 1. The third-order valence-electron chi connectivity index (χ3n) is 7.02. The van der Waals surface area contributed by atoms with Gasteiger partial charge in [0.2, 0.25) is 5.43 Å². The summed E-state index contributed by atoms with van der Waals surface area (Å²) in [6.07, 6.45) is 4.51. The van der Waals surface area contributed by atoms with Gasteiger partial charge >= 0.3 is 0 Å². The molecule has 0 bridgehead atoms. The van der Waals surface area contributed by atoms with Crippen molar-refractivity contribution in [2.75, 3.05) is 19.5 Å². The Morgan fingerprint density at radius 2 is 1.79 bits per heavy atom. The van der Waals surface area contributed by atoms with Gasteiger partial charge in [-0.25, -0.2) is 13.8 Å². The molecule has 2 aromatic carbocycles. The largest absolute Gasteiger partial charge is 0.491 e. The quantitative estimate of drug-likeness (QED) is 0.266. The van der Waals surface area contributed by atoms with Crippen molar-refractivity contribution in [3.8, 4) is 34.3 Å². The molecule has 0 radical (unpaired) electrons. The lowest BCUT2D eigenvalue weighted by Crippen LogP contribution is -2.26. The number of halogens is 2. The number of fused-ring (bicyclic) bond motifs is 2. The molecule has 11 heteroatoms. The molecular weight excluding hydrogens is 546 g/mol. The SMILES string of the molecule is COc1cc2nccc(Oc3ccc(NC(=O)c4c5n(cc(-c6ccc(F)cc6)c4=O)CCC5)cc3F)c2nc1OC. The maximum absolute atomic E-state index is 15.2. The Hall–Kier alpha value is -5.32. The van der Waals surface area contributed by atoms with Crippen LogP contribution in [0.2, 0.25) is 0 Å². The fourth-order valence-corrected chi connectivity index (χ4v) is 5.02. The monoisotopic (exact) mass is 570 g/mol. The number of nitrogens with zero attached hydrogens (tertiary/aromatic N) is 3. The van der Waals surface area contributed by atoms with E-state index in [1.807, 2.05) is 4.57 Å². The fourth-order valence-electron chi connectivity index (χ4n) is 5.02. The van der Waals surface area contributed by atoms with Crippen LogP contribution in [0.3, 0.4) is 0 Å². The van der Waals surface area contributed by atoms with E-state index in [9.17, 15) is 14.0 Å². The van der Waals surface area contributed by atoms with Gasteiger partial charge in [-0.3, -0.25) is 14.6 Å². The molecule has 0 fully saturated rings. The molecule has 1 aliphatic heterocycles. The lowest BCUT2D eigenvalue weighted by molar-refractivity contribution is 0.102. The van der Waals surface area contributed by atoms with Crippen molar-refractivity contribution in [3.05, 3.63) is 100 Å². The molecule has 1 amide bonds. The van der Waals surface area contributed by atoms with Gasteiger partial charge in [-0.1, -0.05) is 12.1 Å². The Labute approximate surface area is 238 Å². The first-order valence-electron chi connectivity index (χ1n) is 13.0. The second kappa shape index (κ2) is 10.9. The number of aromatic nitrogens is 3. The molecule has 0 aliphatic carbocycles. The number of methoxy groups -OCH3 is 2. The number of aryl methyl sites for hydroxylation is 1. The van der Waals surface area contributed by atoms with Gasteiger partial charge in [0.25, 0.3) is 11.8 Å². The number of nitrogens with one attached hydrogen (secondary N) is 1. The second-order valence-electron chi connectivity index (χ2n) is 9.58. The van der Waals surface area contributed by atoms with E-state index in [-0.39, 0.29) is 34.2 Å². The summed E-state index contributed by atoms with van der Waals surface area (Å²) in [6, 6.07) is 12.6. The number of carbonyl (C=O) groups is 1. The molecule has 4 heterocycles. The summed E-state index contributed by atoms with van der Waals surface area (Å²) >= 11 is 0. The highest BCUT2D eigenvalue weighted by Gasteiger charge is 2.25. The Bertz CT molecular complexity index is 1910. The summed E-state index contributed by atoms with van der Waals surface area (Å²) in [5.74, 6) is -1.12. The lowest BCUT2D eigenvalue weighted by atomic mass is 10.0. The molecule has 0 spiro atoms. The van der Waals surface area contributed by atoms with Crippen LogP contribution in [-0.4, -0.2) is 34.7 Å². The number of carbonyl (C=O) groups excluding carboxylic acids is 1. The van der Waals surface area contributed by atoms with Crippen LogP contribution in [0.15, 0.2) is 71.8 Å². The van der Waals surface area contributed by atoms with Crippen LogP contribution in [0.4, 0.5) is 14.5 Å². The van der Waals surface area contributed by atoms with Gasteiger partial charge in [-0.15, -0.1) is 0 Å². The Balaban J connectivity index is 1.29. The molecule has 9 nitrogen and oxygen atoms in total. The van der Waals surface area contributed by atoms with Crippen molar-refractivity contribution in [1.29, 1.82) is 0 Å². The first-order valence-corrected chi connectivity index (χ1v) is 13.0. The highest BCUT2D eigenvalue weighted by molar-refractivity contribution is 6.05. The summed E-state index contributed by atoms with van der Waals surface area (Å²) in [7, 11) is 2.93. The molecule has 0 saturated carbocycles. The minimum atomic E-state index is -0.750. The van der Waals surface area contributed by atoms with Crippen LogP contribution in [-0.2, 0) is 13.0 Å². The van der Waals surface area contributed by atoms with E-state index in [1.54, 1.807) is 18.3 Å². The highest BCUT2D eigenvalue weighted by atomic mass is 19.1. The second-order valence-corrected chi connectivity index (χ2v) is 9.58. The normalized spacial score (nSPS) is 12.2. The van der Waals surface area contributed by atoms with Gasteiger partial charge in [0.15, 0.2) is 23.1 Å². The third-order valence-corrected chi connectivity index (χ3v) is 7.02. The molecule has 42 heavy (non-hydrogen) atoms. The Morgan fingerprint density at radius 1 is 0.976 bits per heavy atom. The molecule has 1 N–H and O–H groups in total. The predicted molar refractivity (Wildman–Crippen MR) is 151 cm³/mol. The number of hydrogen-bond acceptors (Lipinski definition) is 7. The number of rotatable bonds is 7. The molecule has 6 rings (SSSR count). The van der Waals surface area contributed by atoms with Crippen LogP contribution < -0.4 is 25.0 Å². The van der Waals surface area contributed by atoms with Crippen molar-refractivity contribution >= 4 is 22.6 Å². The zero-order chi connectivity index (χ0) is 29.4. The van der Waals surface area contributed by atoms with Crippen molar-refractivity contribution in [2.24, 2.45) is 0 Å². The van der Waals surface area contributed by atoms with E-state index < -0.39 is 23.0 Å². The molecule has 0 atom stereocenters. The highest BCUT2D eigenvalue weighted by Crippen LogP contribution is 2.35. The Kier molecular flexibility index (Phi) is 6.99. The van der Waals surface area contributed by atoms with Gasteiger partial charge in [0.1, 0.15) is 16.9 Å². The fraction of sp³-hybridized carbons (Fsp3) is 0.161. The smallest absolute Gasteiger partial charge is 0.261 e. The number of amides is 1. The minimum absolute atomic E-state index is 0.0197. The summed E-state index contributed by atoms with van der Waals surface area (Å²) in [5, 5.41) is 2.65. The number of ether oxygens (including phenoxy) is 3. The first-order chi connectivity index (χ1) is 20.4. The molecule has 0 unspecified atom stereocenters. The Morgan fingerprint density at radius 3 is 2.52 bits per heavy atom. The molecule has 0 saturated heterocycles. The van der Waals surface area contributed by atoms with Crippen molar-refractivity contribution in [1.82, 2.24) is 14.5 Å². The van der Waals surface area contributed by atoms with Crippen molar-refractivity contribution in [3.63, 3.8) is 0 Å². The van der Waals surface area contributed by atoms with Gasteiger partial charge < -0.3 is 24.1 Å². The summed E-state index contributed by atoms with van der Waals surface area (Å²) < 4.78 is 46.9. The average Bonchev–Trinajstić information content (AvgIpc) is 3.46. The molecular formula is C31H24F2N4O5. The van der Waals surface area contributed by atoms with E-state index >= 15 is 4.39 Å². The van der Waals surface area contributed by atoms with Crippen LogP contribution in [0.25, 0.3) is 22.2 Å². The van der Waals surface area contributed by atoms with Gasteiger partial charge in [-0.2, -0.15) is 0 Å². The third kappa shape index (κ3) is 4.89. The minimum Gasteiger partial charge on any atom is -0.491 e. The molecule has 3 aromatic heterocycles. The van der Waals surface area contributed by atoms with E-state index in [1.165, 1.54) is 56.8 Å².